The zero-order chi connectivity index (χ0) is 19.2. The van der Waals surface area contributed by atoms with E-state index < -0.39 is 5.97 Å². The van der Waals surface area contributed by atoms with Crippen molar-refractivity contribution < 1.29 is 19.1 Å². The van der Waals surface area contributed by atoms with Gasteiger partial charge in [-0.25, -0.2) is 4.39 Å². The van der Waals surface area contributed by atoms with Crippen LogP contribution in [0.1, 0.15) is 21.5 Å². The SMILES string of the molecule is O=C(O)Cc1ccc(N(Cc2cccc(F)c2)C(=O)c2ccccc2)cc1. The van der Waals surface area contributed by atoms with Crippen molar-refractivity contribution in [1.82, 2.24) is 0 Å². The summed E-state index contributed by atoms with van der Waals surface area (Å²) < 4.78 is 13.6. The third-order valence-corrected chi connectivity index (χ3v) is 4.10. The molecule has 0 aromatic heterocycles. The van der Waals surface area contributed by atoms with Gasteiger partial charge in [-0.3, -0.25) is 9.59 Å². The molecule has 0 saturated heterocycles. The van der Waals surface area contributed by atoms with E-state index in [9.17, 15) is 14.0 Å². The van der Waals surface area contributed by atoms with Gasteiger partial charge in [0.05, 0.1) is 13.0 Å². The van der Waals surface area contributed by atoms with Gasteiger partial charge >= 0.3 is 5.97 Å². The van der Waals surface area contributed by atoms with Crippen LogP contribution in [-0.4, -0.2) is 17.0 Å². The first-order chi connectivity index (χ1) is 13.0. The van der Waals surface area contributed by atoms with Crippen molar-refractivity contribution in [2.24, 2.45) is 0 Å². The molecule has 0 spiro atoms. The van der Waals surface area contributed by atoms with Crippen LogP contribution in [0.2, 0.25) is 0 Å². The van der Waals surface area contributed by atoms with Crippen LogP contribution in [0, 0.1) is 5.82 Å². The molecule has 0 aliphatic carbocycles. The van der Waals surface area contributed by atoms with Crippen molar-refractivity contribution in [3.63, 3.8) is 0 Å². The van der Waals surface area contributed by atoms with E-state index in [1.165, 1.54) is 12.1 Å². The molecule has 3 rings (SSSR count). The summed E-state index contributed by atoms with van der Waals surface area (Å²) in [4.78, 5) is 25.4. The van der Waals surface area contributed by atoms with Gasteiger partial charge in [0.15, 0.2) is 0 Å². The van der Waals surface area contributed by atoms with E-state index in [4.69, 9.17) is 5.11 Å². The largest absolute Gasteiger partial charge is 0.481 e. The molecule has 0 atom stereocenters. The lowest BCUT2D eigenvalue weighted by Gasteiger charge is -2.23. The molecule has 0 bridgehead atoms. The van der Waals surface area contributed by atoms with E-state index in [1.807, 2.05) is 6.07 Å². The number of anilines is 1. The summed E-state index contributed by atoms with van der Waals surface area (Å²) in [5.41, 5.74) is 2.43. The number of halogens is 1. The lowest BCUT2D eigenvalue weighted by molar-refractivity contribution is -0.136. The molecule has 3 aromatic rings. The van der Waals surface area contributed by atoms with Crippen LogP contribution in [0.3, 0.4) is 0 Å². The van der Waals surface area contributed by atoms with Gasteiger partial charge in [0.25, 0.3) is 5.91 Å². The molecule has 4 nitrogen and oxygen atoms in total. The molecule has 0 fully saturated rings. The average Bonchev–Trinajstić information content (AvgIpc) is 2.67. The Morgan fingerprint density at radius 2 is 1.56 bits per heavy atom. The van der Waals surface area contributed by atoms with Gasteiger partial charge in [-0.05, 0) is 47.5 Å². The van der Waals surface area contributed by atoms with Crippen LogP contribution >= 0.6 is 0 Å². The second-order valence-electron chi connectivity index (χ2n) is 6.12. The van der Waals surface area contributed by atoms with Crippen LogP contribution in [0.4, 0.5) is 10.1 Å². The number of carboxylic acids is 1. The minimum Gasteiger partial charge on any atom is -0.481 e. The van der Waals surface area contributed by atoms with Crippen molar-refractivity contribution >= 4 is 17.6 Å². The maximum Gasteiger partial charge on any atom is 0.307 e. The zero-order valence-electron chi connectivity index (χ0n) is 14.5. The third-order valence-electron chi connectivity index (χ3n) is 4.10. The number of carboxylic acid groups (broad SMARTS) is 1. The molecule has 0 saturated carbocycles. The van der Waals surface area contributed by atoms with Gasteiger partial charge in [-0.15, -0.1) is 0 Å². The predicted molar refractivity (Wildman–Crippen MR) is 101 cm³/mol. The second kappa shape index (κ2) is 8.27. The van der Waals surface area contributed by atoms with Gasteiger partial charge in [0.1, 0.15) is 5.82 Å². The first kappa shape index (κ1) is 18.3. The number of carbonyl (C=O) groups excluding carboxylic acids is 1. The second-order valence-corrected chi connectivity index (χ2v) is 6.12. The molecule has 136 valence electrons. The first-order valence-corrected chi connectivity index (χ1v) is 8.45. The first-order valence-electron chi connectivity index (χ1n) is 8.45. The van der Waals surface area contributed by atoms with E-state index in [2.05, 4.69) is 0 Å². The highest BCUT2D eigenvalue weighted by Crippen LogP contribution is 2.22. The number of rotatable bonds is 6. The van der Waals surface area contributed by atoms with Crippen LogP contribution in [0.15, 0.2) is 78.9 Å². The Hall–Kier alpha value is -3.47. The highest BCUT2D eigenvalue weighted by Gasteiger charge is 2.18. The van der Waals surface area contributed by atoms with Crippen LogP contribution in [-0.2, 0) is 17.8 Å². The van der Waals surface area contributed by atoms with Crippen molar-refractivity contribution in [2.45, 2.75) is 13.0 Å². The maximum atomic E-state index is 13.6. The van der Waals surface area contributed by atoms with Crippen molar-refractivity contribution in [1.29, 1.82) is 0 Å². The fourth-order valence-electron chi connectivity index (χ4n) is 2.80. The Kier molecular flexibility index (Phi) is 5.61. The summed E-state index contributed by atoms with van der Waals surface area (Å²) in [5, 5.41) is 8.90. The zero-order valence-corrected chi connectivity index (χ0v) is 14.5. The molecule has 0 unspecified atom stereocenters. The number of amides is 1. The molecule has 0 heterocycles. The molecule has 1 amide bonds. The lowest BCUT2D eigenvalue weighted by Crippen LogP contribution is -2.30. The van der Waals surface area contributed by atoms with Gasteiger partial charge in [0.2, 0.25) is 0 Å². The Bertz CT molecular complexity index is 939. The van der Waals surface area contributed by atoms with Gasteiger partial charge < -0.3 is 10.0 Å². The Morgan fingerprint density at radius 1 is 0.852 bits per heavy atom. The minimum absolute atomic E-state index is 0.0865. The molecule has 27 heavy (non-hydrogen) atoms. The third kappa shape index (κ3) is 4.79. The Balaban J connectivity index is 1.93. The number of nitrogens with zero attached hydrogens (tertiary/aromatic N) is 1. The molecular formula is C22H18FNO3. The summed E-state index contributed by atoms with van der Waals surface area (Å²) in [6.07, 6.45) is -0.0865. The van der Waals surface area contributed by atoms with E-state index >= 15 is 0 Å². The fourth-order valence-corrected chi connectivity index (χ4v) is 2.80. The minimum atomic E-state index is -0.917. The highest BCUT2D eigenvalue weighted by atomic mass is 19.1. The number of aliphatic carboxylic acids is 1. The maximum absolute atomic E-state index is 13.6. The quantitative estimate of drug-likeness (QED) is 0.710. The van der Waals surface area contributed by atoms with Crippen molar-refractivity contribution in [3.05, 3.63) is 101 Å². The Labute approximate surface area is 156 Å². The van der Waals surface area contributed by atoms with Crippen LogP contribution in [0.25, 0.3) is 0 Å². The molecule has 0 radical (unpaired) electrons. The summed E-state index contributed by atoms with van der Waals surface area (Å²) in [6, 6.07) is 21.7. The number of benzene rings is 3. The van der Waals surface area contributed by atoms with Gasteiger partial charge in [0, 0.05) is 11.3 Å². The summed E-state index contributed by atoms with van der Waals surface area (Å²) in [5.74, 6) is -1.50. The molecule has 0 aliphatic rings. The van der Waals surface area contributed by atoms with E-state index in [-0.39, 0.29) is 24.7 Å². The standard InChI is InChI=1S/C22H18FNO3/c23-19-8-4-5-17(13-19)15-24(22(27)18-6-2-1-3-7-18)20-11-9-16(10-12-20)14-21(25)26/h1-13H,14-15H2,(H,25,26). The van der Waals surface area contributed by atoms with Gasteiger partial charge in [-0.1, -0.05) is 42.5 Å². The lowest BCUT2D eigenvalue weighted by atomic mass is 10.1. The van der Waals surface area contributed by atoms with E-state index in [1.54, 1.807) is 65.6 Å². The van der Waals surface area contributed by atoms with E-state index in [0.29, 0.717) is 22.4 Å². The Morgan fingerprint density at radius 3 is 2.19 bits per heavy atom. The average molecular weight is 363 g/mol. The predicted octanol–water partition coefficient (Wildman–Crippen LogP) is 4.30. The van der Waals surface area contributed by atoms with Gasteiger partial charge in [-0.2, -0.15) is 0 Å². The number of hydrogen-bond acceptors (Lipinski definition) is 2. The summed E-state index contributed by atoms with van der Waals surface area (Å²) in [7, 11) is 0. The van der Waals surface area contributed by atoms with Crippen molar-refractivity contribution in [3.8, 4) is 0 Å². The van der Waals surface area contributed by atoms with Crippen LogP contribution < -0.4 is 4.90 Å². The molecule has 5 heteroatoms. The number of carbonyl (C=O) groups is 2. The summed E-state index contributed by atoms with van der Waals surface area (Å²) >= 11 is 0. The van der Waals surface area contributed by atoms with Crippen molar-refractivity contribution in [2.75, 3.05) is 4.90 Å². The summed E-state index contributed by atoms with van der Waals surface area (Å²) in [6.45, 7) is 0.198. The van der Waals surface area contributed by atoms with E-state index in [0.717, 1.165) is 0 Å². The number of hydrogen-bond donors (Lipinski definition) is 1. The highest BCUT2D eigenvalue weighted by molar-refractivity contribution is 6.06. The molecule has 3 aromatic carbocycles. The molecular weight excluding hydrogens is 345 g/mol. The smallest absolute Gasteiger partial charge is 0.307 e. The normalized spacial score (nSPS) is 10.4. The topological polar surface area (TPSA) is 57.6 Å². The van der Waals surface area contributed by atoms with Crippen LogP contribution in [0.5, 0.6) is 0 Å². The fraction of sp³-hybridized carbons (Fsp3) is 0.0909. The molecule has 1 N–H and O–H groups in total. The monoisotopic (exact) mass is 363 g/mol. The molecule has 0 aliphatic heterocycles.